The highest BCUT2D eigenvalue weighted by Crippen LogP contribution is 2.18. The van der Waals surface area contributed by atoms with E-state index in [4.69, 9.17) is 4.74 Å². The van der Waals surface area contributed by atoms with Crippen molar-refractivity contribution in [1.29, 1.82) is 0 Å². The molecule has 10 heteroatoms. The smallest absolute Gasteiger partial charge is 0.244 e. The maximum atomic E-state index is 12.2. The zero-order valence-electron chi connectivity index (χ0n) is 17.7. The minimum Gasteiger partial charge on any atom is -0.374 e. The summed E-state index contributed by atoms with van der Waals surface area (Å²) in [7, 11) is -0.563. The molecule has 0 spiro atoms. The van der Waals surface area contributed by atoms with Gasteiger partial charge in [-0.1, -0.05) is 42.1 Å². The number of aromatic nitrogens is 1. The fraction of sp³-hybridized carbons (Fsp3) is 0.429. The second-order valence-corrected chi connectivity index (χ2v) is 10.6. The van der Waals surface area contributed by atoms with Gasteiger partial charge in [-0.2, -0.15) is 0 Å². The number of hydrogen-bond donors (Lipinski definition) is 1. The highest BCUT2D eigenvalue weighted by atomic mass is 32.2. The Labute approximate surface area is 188 Å². The van der Waals surface area contributed by atoms with Crippen molar-refractivity contribution in [3.63, 3.8) is 0 Å². The summed E-state index contributed by atoms with van der Waals surface area (Å²) in [4.78, 5) is 18.8. The molecule has 31 heavy (non-hydrogen) atoms. The van der Waals surface area contributed by atoms with Crippen molar-refractivity contribution >= 4 is 27.7 Å². The van der Waals surface area contributed by atoms with Crippen LogP contribution in [-0.2, 0) is 26.1 Å². The number of carbonyl (C=O) groups is 1. The van der Waals surface area contributed by atoms with Crippen LogP contribution >= 0.6 is 11.8 Å². The molecule has 3 rings (SSSR count). The van der Waals surface area contributed by atoms with Crippen LogP contribution in [0.3, 0.4) is 0 Å². The monoisotopic (exact) mass is 464 g/mol. The van der Waals surface area contributed by atoms with E-state index in [1.54, 1.807) is 6.07 Å². The number of morpholine rings is 1. The number of pyridine rings is 1. The fourth-order valence-electron chi connectivity index (χ4n) is 3.12. The number of rotatable bonds is 9. The average molecular weight is 465 g/mol. The predicted molar refractivity (Wildman–Crippen MR) is 120 cm³/mol. The number of nitrogens with zero attached hydrogens (tertiary/aromatic N) is 3. The molecule has 0 unspecified atom stereocenters. The molecule has 1 aliphatic rings. The Bertz CT molecular complexity index is 953. The molecule has 1 atom stereocenters. The van der Waals surface area contributed by atoms with Gasteiger partial charge in [-0.05, 0) is 17.7 Å². The lowest BCUT2D eigenvalue weighted by molar-refractivity contribution is -0.119. The van der Waals surface area contributed by atoms with Crippen molar-refractivity contribution in [2.24, 2.45) is 0 Å². The first-order valence-electron chi connectivity index (χ1n) is 10.0. The van der Waals surface area contributed by atoms with Gasteiger partial charge in [-0.25, -0.2) is 17.7 Å². The predicted octanol–water partition coefficient (Wildman–Crippen LogP) is 1.44. The van der Waals surface area contributed by atoms with Gasteiger partial charge in [-0.3, -0.25) is 9.69 Å². The number of sulfonamides is 1. The van der Waals surface area contributed by atoms with E-state index in [0.717, 1.165) is 23.9 Å². The zero-order valence-corrected chi connectivity index (χ0v) is 19.4. The normalized spacial score (nSPS) is 17.6. The van der Waals surface area contributed by atoms with Crippen molar-refractivity contribution in [3.05, 3.63) is 54.2 Å². The van der Waals surface area contributed by atoms with Gasteiger partial charge in [0.05, 0.1) is 23.5 Å². The maximum absolute atomic E-state index is 12.2. The number of nitrogens with one attached hydrogen (secondary N) is 1. The van der Waals surface area contributed by atoms with Crippen molar-refractivity contribution in [3.8, 4) is 0 Å². The van der Waals surface area contributed by atoms with Crippen LogP contribution in [0.15, 0.2) is 58.6 Å². The number of amides is 1. The summed E-state index contributed by atoms with van der Waals surface area (Å²) in [6, 6.07) is 13.4. The van der Waals surface area contributed by atoms with Gasteiger partial charge in [0.25, 0.3) is 0 Å². The molecule has 1 aliphatic heterocycles. The molecule has 8 nitrogen and oxygen atoms in total. The van der Waals surface area contributed by atoms with Gasteiger partial charge < -0.3 is 10.1 Å². The number of ether oxygens (including phenoxy) is 1. The molecule has 1 amide bonds. The Kier molecular flexibility index (Phi) is 8.44. The molecule has 168 valence electrons. The fourth-order valence-corrected chi connectivity index (χ4v) is 4.64. The van der Waals surface area contributed by atoms with Crippen molar-refractivity contribution in [1.82, 2.24) is 19.5 Å². The lowest BCUT2D eigenvalue weighted by atomic mass is 10.2. The highest BCUT2D eigenvalue weighted by molar-refractivity contribution is 7.99. The van der Waals surface area contributed by atoms with E-state index in [2.05, 4.69) is 27.3 Å². The second kappa shape index (κ2) is 11.1. The molecule has 1 aromatic carbocycles. The van der Waals surface area contributed by atoms with Gasteiger partial charge in [0, 0.05) is 46.5 Å². The van der Waals surface area contributed by atoms with Gasteiger partial charge in [0.1, 0.15) is 4.90 Å². The number of thioether (sulfide) groups is 1. The number of carbonyl (C=O) groups excluding carboxylic acids is 1. The van der Waals surface area contributed by atoms with E-state index < -0.39 is 10.0 Å². The van der Waals surface area contributed by atoms with Gasteiger partial charge >= 0.3 is 0 Å². The highest BCUT2D eigenvalue weighted by Gasteiger charge is 2.21. The van der Waals surface area contributed by atoms with Crippen LogP contribution in [0, 0.1) is 0 Å². The van der Waals surface area contributed by atoms with Crippen molar-refractivity contribution in [2.45, 2.75) is 22.6 Å². The van der Waals surface area contributed by atoms with Gasteiger partial charge in [0.2, 0.25) is 15.9 Å². The van der Waals surface area contributed by atoms with Crippen LogP contribution in [0.1, 0.15) is 5.56 Å². The molecule has 0 saturated carbocycles. The number of benzene rings is 1. The van der Waals surface area contributed by atoms with Crippen LogP contribution in [0.4, 0.5) is 0 Å². The zero-order chi connectivity index (χ0) is 22.3. The SMILES string of the molecule is CN(C)S(=O)(=O)c1ccc(SCC(=O)NC[C@H]2CN(Cc3ccccc3)CCO2)nc1. The molecular weight excluding hydrogens is 436 g/mol. The van der Waals surface area contributed by atoms with E-state index in [9.17, 15) is 13.2 Å². The Morgan fingerprint density at radius 1 is 1.26 bits per heavy atom. The molecule has 0 bridgehead atoms. The lowest BCUT2D eigenvalue weighted by Crippen LogP contribution is -2.47. The quantitative estimate of drug-likeness (QED) is 0.562. The summed E-state index contributed by atoms with van der Waals surface area (Å²) in [5.74, 6) is 0.0910. The molecule has 1 fully saturated rings. The summed E-state index contributed by atoms with van der Waals surface area (Å²) < 4.78 is 31.1. The van der Waals surface area contributed by atoms with Gasteiger partial charge in [-0.15, -0.1) is 0 Å². The summed E-state index contributed by atoms with van der Waals surface area (Å²) in [6.07, 6.45) is 1.27. The third-order valence-corrected chi connectivity index (χ3v) is 7.58. The van der Waals surface area contributed by atoms with Crippen molar-refractivity contribution in [2.75, 3.05) is 46.1 Å². The molecule has 2 heterocycles. The molecule has 0 aliphatic carbocycles. The average Bonchev–Trinajstić information content (AvgIpc) is 2.77. The van der Waals surface area contributed by atoms with E-state index in [1.807, 2.05) is 18.2 Å². The number of hydrogen-bond acceptors (Lipinski definition) is 7. The minimum atomic E-state index is -3.51. The summed E-state index contributed by atoms with van der Waals surface area (Å²) in [5, 5.41) is 3.51. The van der Waals surface area contributed by atoms with Crippen LogP contribution in [0.2, 0.25) is 0 Å². The summed E-state index contributed by atoms with van der Waals surface area (Å²) in [6.45, 7) is 3.62. The first-order valence-corrected chi connectivity index (χ1v) is 12.4. The summed E-state index contributed by atoms with van der Waals surface area (Å²) >= 11 is 1.26. The summed E-state index contributed by atoms with van der Waals surface area (Å²) in [5.41, 5.74) is 1.26. The lowest BCUT2D eigenvalue weighted by Gasteiger charge is -2.33. The molecule has 0 radical (unpaired) electrons. The standard InChI is InChI=1S/C21H28N4O4S2/c1-24(2)31(27,28)19-8-9-21(23-13-19)30-16-20(26)22-12-18-15-25(10-11-29-18)14-17-6-4-3-5-7-17/h3-9,13,18H,10-12,14-16H2,1-2H3,(H,22,26)/t18-/m0/s1. The topological polar surface area (TPSA) is 91.8 Å². The molecule has 1 N–H and O–H groups in total. The van der Waals surface area contributed by atoms with E-state index in [1.165, 1.54) is 43.7 Å². The van der Waals surface area contributed by atoms with E-state index >= 15 is 0 Å². The molecule has 2 aromatic rings. The molecule has 1 aromatic heterocycles. The Morgan fingerprint density at radius 2 is 2.03 bits per heavy atom. The van der Waals surface area contributed by atoms with E-state index in [0.29, 0.717) is 18.2 Å². The van der Waals surface area contributed by atoms with Crippen LogP contribution in [0.25, 0.3) is 0 Å². The largest absolute Gasteiger partial charge is 0.374 e. The van der Waals surface area contributed by atoms with E-state index in [-0.39, 0.29) is 22.7 Å². The van der Waals surface area contributed by atoms with Gasteiger partial charge in [0.15, 0.2) is 0 Å². The maximum Gasteiger partial charge on any atom is 0.244 e. The van der Waals surface area contributed by atoms with Crippen molar-refractivity contribution < 1.29 is 17.9 Å². The minimum absolute atomic E-state index is 0.0416. The Hall–Kier alpha value is -1.98. The third kappa shape index (κ3) is 7.01. The first-order chi connectivity index (χ1) is 14.8. The third-order valence-electron chi connectivity index (χ3n) is 4.84. The van der Waals surface area contributed by atoms with Crippen LogP contribution < -0.4 is 5.32 Å². The Morgan fingerprint density at radius 3 is 2.71 bits per heavy atom. The molecule has 1 saturated heterocycles. The van der Waals surface area contributed by atoms with Crippen LogP contribution in [-0.4, -0.2) is 80.7 Å². The molecular formula is C21H28N4O4S2. The Balaban J connectivity index is 1.41. The second-order valence-electron chi connectivity index (χ2n) is 7.43. The van der Waals surface area contributed by atoms with Crippen LogP contribution in [0.5, 0.6) is 0 Å². The first kappa shape index (κ1) is 23.7.